The second-order valence-electron chi connectivity index (χ2n) is 6.33. The lowest BCUT2D eigenvalue weighted by atomic mass is 9.98. The van der Waals surface area contributed by atoms with Crippen molar-refractivity contribution in [2.45, 2.75) is 44.7 Å². The number of nitrogens with zero attached hydrogens (tertiary/aromatic N) is 2. The predicted molar refractivity (Wildman–Crippen MR) is 69.5 cm³/mol. The first-order chi connectivity index (χ1) is 8.66. The topological polar surface area (TPSA) is 43.8 Å². The van der Waals surface area contributed by atoms with Crippen LogP contribution in [0, 0.1) is 11.8 Å². The molecule has 3 fully saturated rings. The monoisotopic (exact) mass is 252 g/mol. The molecule has 1 N–H and O–H groups in total. The molecule has 0 aromatic rings. The van der Waals surface area contributed by atoms with E-state index in [4.69, 9.17) is 0 Å². The molecule has 3 aliphatic heterocycles. The van der Waals surface area contributed by atoms with Gasteiger partial charge in [-0.3, -0.25) is 14.6 Å². The van der Waals surface area contributed by atoms with Crippen LogP contribution in [0.15, 0.2) is 0 Å². The van der Waals surface area contributed by atoms with Crippen LogP contribution in [0.4, 0.5) is 0 Å². The third kappa shape index (κ3) is 2.05. The smallest absolute Gasteiger partial charge is 0.308 e. The first kappa shape index (κ1) is 12.4. The van der Waals surface area contributed by atoms with Crippen molar-refractivity contribution in [3.05, 3.63) is 0 Å². The molecular formula is C14H24N2O2. The second-order valence-corrected chi connectivity index (χ2v) is 6.33. The van der Waals surface area contributed by atoms with Gasteiger partial charge in [-0.1, -0.05) is 13.3 Å². The van der Waals surface area contributed by atoms with Gasteiger partial charge < -0.3 is 5.11 Å². The summed E-state index contributed by atoms with van der Waals surface area (Å²) in [4.78, 5) is 16.3. The minimum atomic E-state index is -0.608. The number of rotatable bonds is 2. The van der Waals surface area contributed by atoms with Crippen LogP contribution in [-0.2, 0) is 4.79 Å². The number of carbonyl (C=O) groups is 1. The Balaban J connectivity index is 1.67. The normalized spacial score (nSPS) is 42.1. The summed E-state index contributed by atoms with van der Waals surface area (Å²) in [6.45, 7) is 6.31. The van der Waals surface area contributed by atoms with Crippen LogP contribution in [0.3, 0.4) is 0 Å². The van der Waals surface area contributed by atoms with Gasteiger partial charge in [0.15, 0.2) is 0 Å². The van der Waals surface area contributed by atoms with E-state index in [9.17, 15) is 9.90 Å². The van der Waals surface area contributed by atoms with Crippen molar-refractivity contribution in [2.75, 3.05) is 26.2 Å². The fraction of sp³-hybridized carbons (Fsp3) is 0.929. The SMILES string of the molecule is CC1CN(C2CCN3CCCCC23)CC1C(=O)O. The third-order valence-corrected chi connectivity index (χ3v) is 5.25. The van der Waals surface area contributed by atoms with Crippen molar-refractivity contribution in [1.82, 2.24) is 9.80 Å². The molecule has 0 spiro atoms. The van der Waals surface area contributed by atoms with Crippen molar-refractivity contribution in [3.8, 4) is 0 Å². The molecule has 3 saturated heterocycles. The third-order valence-electron chi connectivity index (χ3n) is 5.25. The standard InChI is InChI=1S/C14H24N2O2/c1-10-8-16(9-11(10)14(17)18)13-5-7-15-6-3-2-4-12(13)15/h10-13H,2-9H2,1H3,(H,17,18). The van der Waals surface area contributed by atoms with Gasteiger partial charge in [0.2, 0.25) is 0 Å². The molecule has 0 aliphatic carbocycles. The van der Waals surface area contributed by atoms with Crippen LogP contribution < -0.4 is 0 Å². The summed E-state index contributed by atoms with van der Waals surface area (Å²) in [6.07, 6.45) is 5.25. The van der Waals surface area contributed by atoms with Gasteiger partial charge >= 0.3 is 5.97 Å². The van der Waals surface area contributed by atoms with Gasteiger partial charge in [0, 0.05) is 31.7 Å². The molecular weight excluding hydrogens is 228 g/mol. The van der Waals surface area contributed by atoms with Gasteiger partial charge in [0.05, 0.1) is 5.92 Å². The number of hydrogen-bond acceptors (Lipinski definition) is 3. The zero-order chi connectivity index (χ0) is 12.7. The second kappa shape index (κ2) is 4.82. The predicted octanol–water partition coefficient (Wildman–Crippen LogP) is 1.27. The van der Waals surface area contributed by atoms with E-state index in [1.807, 2.05) is 0 Å². The highest BCUT2D eigenvalue weighted by atomic mass is 16.4. The van der Waals surface area contributed by atoms with E-state index in [0.717, 1.165) is 13.1 Å². The minimum Gasteiger partial charge on any atom is -0.481 e. The van der Waals surface area contributed by atoms with Crippen molar-refractivity contribution in [2.24, 2.45) is 11.8 Å². The largest absolute Gasteiger partial charge is 0.481 e. The minimum absolute atomic E-state index is 0.150. The van der Waals surface area contributed by atoms with E-state index in [1.54, 1.807) is 0 Å². The number of fused-ring (bicyclic) bond motifs is 1. The molecule has 4 nitrogen and oxygen atoms in total. The van der Waals surface area contributed by atoms with Crippen LogP contribution >= 0.6 is 0 Å². The van der Waals surface area contributed by atoms with E-state index in [0.29, 0.717) is 18.0 Å². The first-order valence-corrected chi connectivity index (χ1v) is 7.37. The van der Waals surface area contributed by atoms with Crippen LogP contribution in [0.25, 0.3) is 0 Å². The first-order valence-electron chi connectivity index (χ1n) is 7.37. The maximum absolute atomic E-state index is 11.2. The summed E-state index contributed by atoms with van der Waals surface area (Å²) in [6, 6.07) is 1.33. The average Bonchev–Trinajstić information content (AvgIpc) is 2.92. The number of carboxylic acid groups (broad SMARTS) is 1. The molecule has 3 aliphatic rings. The molecule has 0 aromatic carbocycles. The Kier molecular flexibility index (Phi) is 3.32. The van der Waals surface area contributed by atoms with Crippen molar-refractivity contribution >= 4 is 5.97 Å². The lowest BCUT2D eigenvalue weighted by Crippen LogP contribution is -2.46. The lowest BCUT2D eigenvalue weighted by molar-refractivity contribution is -0.142. The lowest BCUT2D eigenvalue weighted by Gasteiger charge is -2.36. The van der Waals surface area contributed by atoms with Crippen LogP contribution in [0.5, 0.6) is 0 Å². The molecule has 4 unspecified atom stereocenters. The van der Waals surface area contributed by atoms with Crippen molar-refractivity contribution in [3.63, 3.8) is 0 Å². The van der Waals surface area contributed by atoms with Crippen molar-refractivity contribution < 1.29 is 9.90 Å². The molecule has 0 radical (unpaired) electrons. The molecule has 102 valence electrons. The van der Waals surface area contributed by atoms with E-state index in [2.05, 4.69) is 16.7 Å². The summed E-state index contributed by atoms with van der Waals surface area (Å²) in [7, 11) is 0. The quantitative estimate of drug-likeness (QED) is 0.803. The molecule has 4 atom stereocenters. The van der Waals surface area contributed by atoms with Gasteiger partial charge in [-0.25, -0.2) is 0 Å². The fourth-order valence-corrected chi connectivity index (χ4v) is 4.24. The number of likely N-dealkylation sites (tertiary alicyclic amines) is 1. The Labute approximate surface area is 109 Å². The number of hydrogen-bond donors (Lipinski definition) is 1. The Morgan fingerprint density at radius 3 is 2.56 bits per heavy atom. The summed E-state index contributed by atoms with van der Waals surface area (Å²) in [5.74, 6) is -0.453. The number of carboxylic acids is 1. The number of aliphatic carboxylic acids is 1. The highest BCUT2D eigenvalue weighted by molar-refractivity contribution is 5.71. The Morgan fingerprint density at radius 2 is 1.83 bits per heavy atom. The van der Waals surface area contributed by atoms with Gasteiger partial charge in [-0.2, -0.15) is 0 Å². The van der Waals surface area contributed by atoms with Gasteiger partial charge in [0.25, 0.3) is 0 Å². The molecule has 0 saturated carbocycles. The summed E-state index contributed by atoms with van der Waals surface area (Å²) in [5.41, 5.74) is 0. The molecule has 18 heavy (non-hydrogen) atoms. The average molecular weight is 252 g/mol. The number of piperidine rings is 1. The van der Waals surface area contributed by atoms with E-state index in [1.165, 1.54) is 38.8 Å². The Bertz CT molecular complexity index is 334. The maximum Gasteiger partial charge on any atom is 0.308 e. The zero-order valence-electron chi connectivity index (χ0n) is 11.2. The molecule has 3 rings (SSSR count). The molecule has 4 heteroatoms. The molecule has 0 amide bonds. The van der Waals surface area contributed by atoms with Crippen LogP contribution in [0.2, 0.25) is 0 Å². The van der Waals surface area contributed by atoms with E-state index in [-0.39, 0.29) is 5.92 Å². The highest BCUT2D eigenvalue weighted by Crippen LogP contribution is 2.34. The Morgan fingerprint density at radius 1 is 1.06 bits per heavy atom. The zero-order valence-corrected chi connectivity index (χ0v) is 11.2. The highest BCUT2D eigenvalue weighted by Gasteiger charge is 2.44. The van der Waals surface area contributed by atoms with Gasteiger partial charge in [-0.05, 0) is 31.7 Å². The van der Waals surface area contributed by atoms with Crippen molar-refractivity contribution in [1.29, 1.82) is 0 Å². The summed E-state index contributed by atoms with van der Waals surface area (Å²) < 4.78 is 0. The van der Waals surface area contributed by atoms with Crippen LogP contribution in [0.1, 0.15) is 32.6 Å². The van der Waals surface area contributed by atoms with E-state index >= 15 is 0 Å². The van der Waals surface area contributed by atoms with Crippen LogP contribution in [-0.4, -0.2) is 59.1 Å². The van der Waals surface area contributed by atoms with Gasteiger partial charge in [-0.15, -0.1) is 0 Å². The molecule has 0 aromatic heterocycles. The maximum atomic E-state index is 11.2. The molecule has 3 heterocycles. The van der Waals surface area contributed by atoms with E-state index < -0.39 is 5.97 Å². The van der Waals surface area contributed by atoms with Gasteiger partial charge in [0.1, 0.15) is 0 Å². The summed E-state index contributed by atoms with van der Waals surface area (Å²) >= 11 is 0. The summed E-state index contributed by atoms with van der Waals surface area (Å²) in [5, 5.41) is 9.24. The fourth-order valence-electron chi connectivity index (χ4n) is 4.24. The Hall–Kier alpha value is -0.610. The molecule has 0 bridgehead atoms.